The van der Waals surface area contributed by atoms with Gasteiger partial charge in [-0.05, 0) is 25.2 Å². The van der Waals surface area contributed by atoms with Crippen molar-refractivity contribution in [1.29, 1.82) is 0 Å². The van der Waals surface area contributed by atoms with E-state index in [-0.39, 0.29) is 6.04 Å². The van der Waals surface area contributed by atoms with Gasteiger partial charge in [-0.2, -0.15) is 13.2 Å². The summed E-state index contributed by atoms with van der Waals surface area (Å²) >= 11 is 0. The normalized spacial score (nSPS) is 26.7. The van der Waals surface area contributed by atoms with Crippen LogP contribution in [0.4, 0.5) is 13.2 Å². The van der Waals surface area contributed by atoms with Crippen LogP contribution in [0.5, 0.6) is 0 Å². The lowest BCUT2D eigenvalue weighted by Gasteiger charge is -2.13. The van der Waals surface area contributed by atoms with Crippen molar-refractivity contribution in [2.75, 3.05) is 0 Å². The molecular formula is C10H16F3NO. The molecule has 1 saturated carbocycles. The Balaban J connectivity index is 2.28. The molecule has 0 aliphatic heterocycles. The van der Waals surface area contributed by atoms with Gasteiger partial charge >= 0.3 is 6.18 Å². The molecule has 2 nitrogen and oxygen atoms in total. The molecule has 0 aromatic carbocycles. The van der Waals surface area contributed by atoms with Crippen LogP contribution in [0.3, 0.4) is 0 Å². The fourth-order valence-electron chi connectivity index (χ4n) is 2.04. The number of amides is 1. The van der Waals surface area contributed by atoms with Crippen molar-refractivity contribution < 1.29 is 18.0 Å². The lowest BCUT2D eigenvalue weighted by atomic mass is 10.1. The van der Waals surface area contributed by atoms with Crippen molar-refractivity contribution in [3.05, 3.63) is 0 Å². The lowest BCUT2D eigenvalue weighted by molar-refractivity contribution is -0.154. The second kappa shape index (κ2) is 4.86. The summed E-state index contributed by atoms with van der Waals surface area (Å²) in [5.41, 5.74) is 0. The van der Waals surface area contributed by atoms with E-state index < -0.39 is 18.5 Å². The summed E-state index contributed by atoms with van der Waals surface area (Å²) in [4.78, 5) is 11.0. The zero-order valence-electron chi connectivity index (χ0n) is 8.73. The average molecular weight is 223 g/mol. The quantitative estimate of drug-likeness (QED) is 0.783. The summed E-state index contributed by atoms with van der Waals surface area (Å²) in [7, 11) is 0. The molecule has 5 heteroatoms. The number of carbonyl (C=O) groups excluding carboxylic acids is 1. The molecule has 0 saturated heterocycles. The Kier molecular flexibility index (Phi) is 3.99. The Morgan fingerprint density at radius 2 is 2.07 bits per heavy atom. The van der Waals surface area contributed by atoms with E-state index in [0.29, 0.717) is 5.92 Å². The number of hydrogen-bond acceptors (Lipinski definition) is 1. The van der Waals surface area contributed by atoms with Crippen LogP contribution in [0.1, 0.15) is 39.0 Å². The van der Waals surface area contributed by atoms with Crippen LogP contribution >= 0.6 is 0 Å². The number of nitrogens with one attached hydrogen (secondary N) is 1. The fourth-order valence-corrected chi connectivity index (χ4v) is 2.04. The zero-order valence-corrected chi connectivity index (χ0v) is 8.73. The van der Waals surface area contributed by atoms with Crippen LogP contribution in [0.15, 0.2) is 0 Å². The molecule has 1 amide bonds. The smallest absolute Gasteiger partial charge is 0.353 e. The van der Waals surface area contributed by atoms with Gasteiger partial charge in [-0.25, -0.2) is 0 Å². The first-order chi connectivity index (χ1) is 6.90. The molecule has 0 aromatic heterocycles. The van der Waals surface area contributed by atoms with E-state index in [1.165, 1.54) is 0 Å². The Bertz CT molecular complexity index is 227. The third-order valence-electron chi connectivity index (χ3n) is 2.84. The molecule has 1 aliphatic rings. The average Bonchev–Trinajstić information content (AvgIpc) is 2.48. The van der Waals surface area contributed by atoms with E-state index in [9.17, 15) is 18.0 Å². The second-order valence-electron chi connectivity index (χ2n) is 4.14. The van der Waals surface area contributed by atoms with Crippen LogP contribution in [0, 0.1) is 5.92 Å². The maximum atomic E-state index is 11.9. The predicted molar refractivity (Wildman–Crippen MR) is 50.2 cm³/mol. The van der Waals surface area contributed by atoms with Gasteiger partial charge in [0.05, 0.1) is 0 Å². The summed E-state index contributed by atoms with van der Waals surface area (Å²) in [6, 6.07) is -0.0511. The lowest BCUT2D eigenvalue weighted by Crippen LogP contribution is -2.35. The largest absolute Gasteiger partial charge is 0.397 e. The van der Waals surface area contributed by atoms with Crippen molar-refractivity contribution >= 4 is 5.91 Å². The molecule has 1 rings (SSSR count). The van der Waals surface area contributed by atoms with E-state index in [2.05, 4.69) is 12.2 Å². The number of alkyl halides is 3. The molecule has 0 heterocycles. The van der Waals surface area contributed by atoms with Crippen molar-refractivity contribution in [1.82, 2.24) is 5.32 Å². The molecule has 88 valence electrons. The van der Waals surface area contributed by atoms with E-state index in [0.717, 1.165) is 25.7 Å². The van der Waals surface area contributed by atoms with E-state index in [1.54, 1.807) is 0 Å². The highest BCUT2D eigenvalue weighted by Crippen LogP contribution is 2.28. The van der Waals surface area contributed by atoms with Gasteiger partial charge in [0.1, 0.15) is 6.42 Å². The highest BCUT2D eigenvalue weighted by molar-refractivity contribution is 5.76. The fraction of sp³-hybridized carbons (Fsp3) is 0.900. The third-order valence-corrected chi connectivity index (χ3v) is 2.84. The first kappa shape index (κ1) is 12.3. The predicted octanol–water partition coefficient (Wildman–Crippen LogP) is 2.63. The van der Waals surface area contributed by atoms with Crippen molar-refractivity contribution in [2.45, 2.75) is 51.2 Å². The minimum Gasteiger partial charge on any atom is -0.353 e. The molecular weight excluding hydrogens is 207 g/mol. The van der Waals surface area contributed by atoms with Gasteiger partial charge < -0.3 is 5.32 Å². The Morgan fingerprint density at radius 1 is 1.40 bits per heavy atom. The van der Waals surface area contributed by atoms with Gasteiger partial charge in [0.2, 0.25) is 5.91 Å². The Morgan fingerprint density at radius 3 is 2.53 bits per heavy atom. The molecule has 0 unspecified atom stereocenters. The monoisotopic (exact) mass is 223 g/mol. The molecule has 1 N–H and O–H groups in total. The van der Waals surface area contributed by atoms with E-state index in [1.807, 2.05) is 0 Å². The minimum absolute atomic E-state index is 0.0511. The second-order valence-corrected chi connectivity index (χ2v) is 4.14. The van der Waals surface area contributed by atoms with Gasteiger partial charge in [-0.15, -0.1) is 0 Å². The van der Waals surface area contributed by atoms with Crippen LogP contribution in [-0.2, 0) is 4.79 Å². The zero-order chi connectivity index (χ0) is 11.5. The molecule has 0 aromatic rings. The molecule has 2 atom stereocenters. The van der Waals surface area contributed by atoms with Gasteiger partial charge in [0.15, 0.2) is 0 Å². The highest BCUT2D eigenvalue weighted by atomic mass is 19.4. The molecule has 0 spiro atoms. The minimum atomic E-state index is -4.40. The van der Waals surface area contributed by atoms with E-state index in [4.69, 9.17) is 0 Å². The topological polar surface area (TPSA) is 29.1 Å². The highest BCUT2D eigenvalue weighted by Gasteiger charge is 2.33. The van der Waals surface area contributed by atoms with Crippen molar-refractivity contribution in [3.8, 4) is 0 Å². The standard InChI is InChI=1S/C10H16F3NO/c1-2-7-3-4-8(5-7)14-9(15)6-10(11,12)13/h7-8H,2-6H2,1H3,(H,14,15)/t7-,8+/m0/s1. The van der Waals surface area contributed by atoms with Gasteiger partial charge in [-0.3, -0.25) is 4.79 Å². The van der Waals surface area contributed by atoms with Crippen molar-refractivity contribution in [3.63, 3.8) is 0 Å². The SMILES string of the molecule is CC[C@H]1CC[C@@H](NC(=O)CC(F)(F)F)C1. The summed E-state index contributed by atoms with van der Waals surface area (Å²) < 4.78 is 35.6. The van der Waals surface area contributed by atoms with Crippen LogP contribution in [-0.4, -0.2) is 18.1 Å². The number of carbonyl (C=O) groups is 1. The molecule has 1 fully saturated rings. The first-order valence-corrected chi connectivity index (χ1v) is 5.27. The van der Waals surface area contributed by atoms with Crippen LogP contribution in [0.25, 0.3) is 0 Å². The Labute approximate surface area is 87.2 Å². The molecule has 0 radical (unpaired) electrons. The summed E-state index contributed by atoms with van der Waals surface area (Å²) in [6.45, 7) is 2.06. The molecule has 1 aliphatic carbocycles. The number of rotatable bonds is 3. The summed E-state index contributed by atoms with van der Waals surface area (Å²) in [5, 5.41) is 2.44. The molecule has 15 heavy (non-hydrogen) atoms. The third kappa shape index (κ3) is 4.53. The van der Waals surface area contributed by atoms with Crippen LogP contribution < -0.4 is 5.32 Å². The van der Waals surface area contributed by atoms with Crippen LogP contribution in [0.2, 0.25) is 0 Å². The number of hydrogen-bond donors (Lipinski definition) is 1. The van der Waals surface area contributed by atoms with Gasteiger partial charge in [-0.1, -0.05) is 13.3 Å². The van der Waals surface area contributed by atoms with Crippen molar-refractivity contribution in [2.24, 2.45) is 5.92 Å². The summed E-state index contributed by atoms with van der Waals surface area (Å²) in [6.07, 6.45) is -2.09. The first-order valence-electron chi connectivity index (χ1n) is 5.27. The van der Waals surface area contributed by atoms with Gasteiger partial charge in [0, 0.05) is 6.04 Å². The maximum Gasteiger partial charge on any atom is 0.397 e. The summed E-state index contributed by atoms with van der Waals surface area (Å²) in [5.74, 6) is -0.342. The van der Waals surface area contributed by atoms with Gasteiger partial charge in [0.25, 0.3) is 0 Å². The van der Waals surface area contributed by atoms with E-state index >= 15 is 0 Å². The molecule has 0 bridgehead atoms. The Hall–Kier alpha value is -0.740. The number of halogens is 3. The maximum absolute atomic E-state index is 11.9.